The maximum atomic E-state index is 13.6. The van der Waals surface area contributed by atoms with Gasteiger partial charge in [0.25, 0.3) is 5.91 Å². The average molecular weight is 571 g/mol. The molecular weight excluding hydrogens is 524 g/mol. The van der Waals surface area contributed by atoms with Crippen LogP contribution in [-0.2, 0) is 16.4 Å². The predicted molar refractivity (Wildman–Crippen MR) is 162 cm³/mol. The van der Waals surface area contributed by atoms with Crippen LogP contribution in [-0.4, -0.2) is 63.0 Å². The monoisotopic (exact) mass is 570 g/mol. The first-order chi connectivity index (χ1) is 19.1. The number of amides is 1. The van der Waals surface area contributed by atoms with E-state index >= 15 is 0 Å². The first-order valence-corrected chi connectivity index (χ1v) is 16.3. The lowest BCUT2D eigenvalue weighted by Crippen LogP contribution is -2.50. The van der Waals surface area contributed by atoms with Gasteiger partial charge in [-0.3, -0.25) is 9.10 Å². The molecular formula is C31H46N4O4S. The Labute approximate surface area is 240 Å². The van der Waals surface area contributed by atoms with Crippen LogP contribution in [0.5, 0.6) is 0 Å². The molecule has 0 aromatic heterocycles. The van der Waals surface area contributed by atoms with E-state index in [-0.39, 0.29) is 11.7 Å². The van der Waals surface area contributed by atoms with Gasteiger partial charge < -0.3 is 21.1 Å². The van der Waals surface area contributed by atoms with Crippen molar-refractivity contribution in [3.63, 3.8) is 0 Å². The van der Waals surface area contributed by atoms with Gasteiger partial charge in [-0.25, -0.2) is 8.42 Å². The van der Waals surface area contributed by atoms with Gasteiger partial charge in [0, 0.05) is 36.9 Å². The number of benzene rings is 2. The number of aliphatic hydroxyl groups is 1. The minimum absolute atomic E-state index is 0.108. The van der Waals surface area contributed by atoms with Crippen molar-refractivity contribution in [3.8, 4) is 0 Å². The van der Waals surface area contributed by atoms with E-state index in [0.29, 0.717) is 60.9 Å². The molecule has 1 saturated heterocycles. The fraction of sp³-hybridized carbons (Fsp3) is 0.581. The fourth-order valence-corrected chi connectivity index (χ4v) is 7.33. The van der Waals surface area contributed by atoms with Crippen LogP contribution in [0.1, 0.15) is 75.2 Å². The second-order valence-electron chi connectivity index (χ2n) is 12.1. The van der Waals surface area contributed by atoms with Gasteiger partial charge in [0.05, 0.1) is 23.6 Å². The second kappa shape index (κ2) is 13.4. The number of sulfonamides is 1. The van der Waals surface area contributed by atoms with Crippen molar-refractivity contribution in [2.45, 2.75) is 83.9 Å². The highest BCUT2D eigenvalue weighted by Crippen LogP contribution is 2.35. The highest BCUT2D eigenvalue weighted by Gasteiger charge is 2.30. The molecule has 220 valence electrons. The summed E-state index contributed by atoms with van der Waals surface area (Å²) in [6, 6.07) is 14.9. The first kappa shape index (κ1) is 30.3. The van der Waals surface area contributed by atoms with Crippen LogP contribution < -0.4 is 20.3 Å². The molecule has 40 heavy (non-hydrogen) atoms. The molecule has 0 radical (unpaired) electrons. The highest BCUT2D eigenvalue weighted by atomic mass is 32.2. The number of rotatable bonds is 11. The molecule has 8 nitrogen and oxygen atoms in total. The van der Waals surface area contributed by atoms with E-state index in [2.05, 4.69) is 29.8 Å². The number of aliphatic hydroxyl groups excluding tert-OH is 1. The Morgan fingerprint density at radius 3 is 2.50 bits per heavy atom. The summed E-state index contributed by atoms with van der Waals surface area (Å²) in [6.07, 6.45) is 5.58. The lowest BCUT2D eigenvalue weighted by molar-refractivity contribution is 0.0813. The Morgan fingerprint density at radius 1 is 1.10 bits per heavy atom. The molecule has 1 heterocycles. The van der Waals surface area contributed by atoms with Gasteiger partial charge in [0.15, 0.2) is 0 Å². The summed E-state index contributed by atoms with van der Waals surface area (Å²) in [5.41, 5.74) is 2.93. The largest absolute Gasteiger partial charge is 0.390 e. The van der Waals surface area contributed by atoms with Crippen molar-refractivity contribution >= 4 is 27.3 Å². The van der Waals surface area contributed by atoms with E-state index in [4.69, 9.17) is 0 Å². The maximum Gasteiger partial charge on any atom is 0.251 e. The number of carbonyl (C=O) groups excluding carboxylic acids is 1. The van der Waals surface area contributed by atoms with Gasteiger partial charge in [-0.05, 0) is 81.0 Å². The quantitative estimate of drug-likeness (QED) is 0.321. The minimum Gasteiger partial charge on any atom is -0.390 e. The van der Waals surface area contributed by atoms with Crippen molar-refractivity contribution in [2.75, 3.05) is 35.0 Å². The van der Waals surface area contributed by atoms with Crippen LogP contribution in [0.4, 0.5) is 11.4 Å². The van der Waals surface area contributed by atoms with E-state index in [0.717, 1.165) is 37.7 Å². The predicted octanol–water partition coefficient (Wildman–Crippen LogP) is 4.31. The Bertz CT molecular complexity index is 1230. The molecule has 0 spiro atoms. The lowest BCUT2D eigenvalue weighted by Gasteiger charge is -2.35. The van der Waals surface area contributed by atoms with E-state index in [1.165, 1.54) is 4.31 Å². The summed E-state index contributed by atoms with van der Waals surface area (Å²) in [4.78, 5) is 13.6. The summed E-state index contributed by atoms with van der Waals surface area (Å²) in [5, 5.41) is 21.1. The summed E-state index contributed by atoms with van der Waals surface area (Å²) >= 11 is 0. The van der Waals surface area contributed by atoms with Crippen molar-refractivity contribution in [1.82, 2.24) is 10.6 Å². The number of anilines is 2. The van der Waals surface area contributed by atoms with Gasteiger partial charge in [0.1, 0.15) is 0 Å². The van der Waals surface area contributed by atoms with E-state index in [9.17, 15) is 18.3 Å². The van der Waals surface area contributed by atoms with Crippen molar-refractivity contribution in [1.29, 1.82) is 0 Å². The Balaban J connectivity index is 1.52. The highest BCUT2D eigenvalue weighted by molar-refractivity contribution is 7.92. The summed E-state index contributed by atoms with van der Waals surface area (Å²) in [6.45, 7) is 7.99. The van der Waals surface area contributed by atoms with Gasteiger partial charge in [-0.1, -0.05) is 44.2 Å². The molecule has 1 saturated carbocycles. The van der Waals surface area contributed by atoms with Gasteiger partial charge >= 0.3 is 0 Å². The third-order valence-electron chi connectivity index (χ3n) is 8.23. The smallest absolute Gasteiger partial charge is 0.251 e. The van der Waals surface area contributed by atoms with Crippen LogP contribution in [0.25, 0.3) is 0 Å². The number of nitrogens with zero attached hydrogens (tertiary/aromatic N) is 1. The molecule has 9 heteroatoms. The Morgan fingerprint density at radius 2 is 1.82 bits per heavy atom. The summed E-state index contributed by atoms with van der Waals surface area (Å²) in [5.74, 6) is -0.230. The first-order valence-electron chi connectivity index (χ1n) is 14.7. The molecule has 1 amide bonds. The SMILES string of the molecule is CCNc1cc(C(=O)N[C@@H](Cc2ccccc2)[C@H](O)CNC2CCC(C)(C)CC2)cc(N2CCCCS2(=O)=O)c1. The second-order valence-corrected chi connectivity index (χ2v) is 14.1. The lowest BCUT2D eigenvalue weighted by atomic mass is 9.75. The number of carbonyl (C=O) groups is 1. The molecule has 4 N–H and O–H groups in total. The van der Waals surface area contributed by atoms with Crippen molar-refractivity contribution in [3.05, 3.63) is 59.7 Å². The fourth-order valence-electron chi connectivity index (χ4n) is 5.71. The standard InChI is InChI=1S/C31H46N4O4S/c1-4-32-26-19-24(20-27(21-26)35-16-8-9-17-40(35,38)39)30(37)34-28(18-23-10-6-5-7-11-23)29(36)22-33-25-12-14-31(2,3)15-13-25/h5-7,10-11,19-21,25,28-29,32-33,36H,4,8-9,12-18,22H2,1-3H3,(H,34,37)/t28-,29+/m0/s1. The molecule has 4 rings (SSSR count). The summed E-state index contributed by atoms with van der Waals surface area (Å²) in [7, 11) is -3.43. The van der Waals surface area contributed by atoms with Gasteiger partial charge in [-0.15, -0.1) is 0 Å². The van der Waals surface area contributed by atoms with E-state index < -0.39 is 22.2 Å². The van der Waals surface area contributed by atoms with E-state index in [1.54, 1.807) is 18.2 Å². The molecule has 1 aliphatic heterocycles. The third kappa shape index (κ3) is 8.21. The topological polar surface area (TPSA) is 111 Å². The van der Waals surface area contributed by atoms with Crippen LogP contribution in [0.2, 0.25) is 0 Å². The van der Waals surface area contributed by atoms with Gasteiger partial charge in [-0.2, -0.15) is 0 Å². The zero-order valence-electron chi connectivity index (χ0n) is 24.2. The van der Waals surface area contributed by atoms with Crippen LogP contribution in [0.3, 0.4) is 0 Å². The molecule has 0 bridgehead atoms. The zero-order valence-corrected chi connectivity index (χ0v) is 25.0. The molecule has 0 unspecified atom stereocenters. The Kier molecular flexibility index (Phi) is 10.1. The van der Waals surface area contributed by atoms with Crippen LogP contribution in [0, 0.1) is 5.41 Å². The average Bonchev–Trinajstić information content (AvgIpc) is 2.92. The zero-order chi connectivity index (χ0) is 28.8. The molecule has 2 aromatic carbocycles. The van der Waals surface area contributed by atoms with E-state index in [1.807, 2.05) is 37.3 Å². The molecule has 2 aliphatic rings. The van der Waals surface area contributed by atoms with Crippen LogP contribution in [0.15, 0.2) is 48.5 Å². The molecule has 1 aliphatic carbocycles. The summed E-state index contributed by atoms with van der Waals surface area (Å²) < 4.78 is 27.0. The normalized spacial score (nSPS) is 20.4. The maximum absolute atomic E-state index is 13.6. The number of nitrogens with one attached hydrogen (secondary N) is 3. The van der Waals surface area contributed by atoms with Crippen molar-refractivity contribution in [2.24, 2.45) is 5.41 Å². The number of hydrogen-bond acceptors (Lipinski definition) is 6. The molecule has 2 fully saturated rings. The van der Waals surface area contributed by atoms with Crippen LogP contribution >= 0.6 is 0 Å². The Hall–Kier alpha value is -2.62. The van der Waals surface area contributed by atoms with Crippen molar-refractivity contribution < 1.29 is 18.3 Å². The molecule has 2 atom stereocenters. The number of hydrogen-bond donors (Lipinski definition) is 4. The third-order valence-corrected chi connectivity index (χ3v) is 10.1. The van der Waals surface area contributed by atoms with Gasteiger partial charge in [0.2, 0.25) is 10.0 Å². The minimum atomic E-state index is -3.43. The molecule has 2 aromatic rings.